The number of ether oxygens (including phenoxy) is 1. The Morgan fingerprint density at radius 2 is 2.22 bits per heavy atom. The predicted molar refractivity (Wildman–Crippen MR) is 69.8 cm³/mol. The van der Waals surface area contributed by atoms with Crippen molar-refractivity contribution in [1.82, 2.24) is 9.88 Å². The summed E-state index contributed by atoms with van der Waals surface area (Å²) < 4.78 is 6.52. The van der Waals surface area contributed by atoms with Gasteiger partial charge in [0.2, 0.25) is 5.88 Å². The van der Waals surface area contributed by atoms with Gasteiger partial charge in [-0.05, 0) is 40.8 Å². The standard InChI is InChI=1S/C12H15BrN2O3/c13-10-1-2-11(14-7-10)18-8-9-3-5-15(6-4-9)12(16)17/h1-2,7,9H,3-6,8H2,(H,16,17). The van der Waals surface area contributed by atoms with Crippen LogP contribution >= 0.6 is 15.9 Å². The summed E-state index contributed by atoms with van der Waals surface area (Å²) in [5.74, 6) is 1.02. The number of rotatable bonds is 3. The van der Waals surface area contributed by atoms with Gasteiger partial charge >= 0.3 is 6.09 Å². The second-order valence-electron chi connectivity index (χ2n) is 4.34. The first kappa shape index (κ1) is 13.1. The van der Waals surface area contributed by atoms with Crippen molar-refractivity contribution < 1.29 is 14.6 Å². The van der Waals surface area contributed by atoms with E-state index in [1.807, 2.05) is 12.1 Å². The molecule has 1 N–H and O–H groups in total. The summed E-state index contributed by atoms with van der Waals surface area (Å²) >= 11 is 3.31. The van der Waals surface area contributed by atoms with Crippen molar-refractivity contribution in [2.45, 2.75) is 12.8 Å². The molecule has 1 aliphatic rings. The van der Waals surface area contributed by atoms with Crippen LogP contribution < -0.4 is 4.74 Å². The Morgan fingerprint density at radius 1 is 1.50 bits per heavy atom. The molecule has 1 aliphatic heterocycles. The number of amides is 1. The van der Waals surface area contributed by atoms with Crippen LogP contribution in [0.5, 0.6) is 5.88 Å². The molecule has 6 heteroatoms. The number of hydrogen-bond acceptors (Lipinski definition) is 3. The lowest BCUT2D eigenvalue weighted by molar-refractivity contribution is 0.111. The Kier molecular flexibility index (Phi) is 4.41. The minimum absolute atomic E-state index is 0.408. The minimum atomic E-state index is -0.830. The maximum absolute atomic E-state index is 10.8. The molecule has 1 fully saturated rings. The van der Waals surface area contributed by atoms with Crippen molar-refractivity contribution in [2.24, 2.45) is 5.92 Å². The summed E-state index contributed by atoms with van der Waals surface area (Å²) in [5, 5.41) is 8.84. The van der Waals surface area contributed by atoms with Crippen molar-refractivity contribution in [3.8, 4) is 5.88 Å². The highest BCUT2D eigenvalue weighted by atomic mass is 79.9. The second kappa shape index (κ2) is 6.04. The Balaban J connectivity index is 1.75. The quantitative estimate of drug-likeness (QED) is 0.931. The zero-order valence-corrected chi connectivity index (χ0v) is 11.5. The average molecular weight is 315 g/mol. The topological polar surface area (TPSA) is 62.7 Å². The van der Waals surface area contributed by atoms with Crippen LogP contribution in [0.1, 0.15) is 12.8 Å². The van der Waals surface area contributed by atoms with Gasteiger partial charge in [0.1, 0.15) is 0 Å². The lowest BCUT2D eigenvalue weighted by Gasteiger charge is -2.29. The van der Waals surface area contributed by atoms with E-state index in [2.05, 4.69) is 20.9 Å². The van der Waals surface area contributed by atoms with E-state index in [0.29, 0.717) is 31.5 Å². The fourth-order valence-electron chi connectivity index (χ4n) is 1.94. The Labute approximate surface area is 114 Å². The molecular formula is C12H15BrN2O3. The zero-order valence-electron chi connectivity index (χ0n) is 9.88. The van der Waals surface area contributed by atoms with Gasteiger partial charge in [-0.2, -0.15) is 0 Å². The first-order valence-electron chi connectivity index (χ1n) is 5.87. The van der Waals surface area contributed by atoms with Crippen LogP contribution in [0.4, 0.5) is 4.79 Å². The van der Waals surface area contributed by atoms with E-state index in [-0.39, 0.29) is 0 Å². The highest BCUT2D eigenvalue weighted by Gasteiger charge is 2.22. The highest BCUT2D eigenvalue weighted by Crippen LogP contribution is 2.19. The molecule has 0 radical (unpaired) electrons. The molecule has 2 rings (SSSR count). The van der Waals surface area contributed by atoms with Gasteiger partial charge in [0.05, 0.1) is 6.61 Å². The molecule has 1 aromatic rings. The third-order valence-electron chi connectivity index (χ3n) is 3.05. The Bertz CT molecular complexity index is 402. The van der Waals surface area contributed by atoms with E-state index >= 15 is 0 Å². The van der Waals surface area contributed by atoms with E-state index < -0.39 is 6.09 Å². The van der Waals surface area contributed by atoms with Gasteiger partial charge < -0.3 is 14.7 Å². The molecule has 0 aliphatic carbocycles. The van der Waals surface area contributed by atoms with E-state index in [1.54, 1.807) is 6.20 Å². The molecule has 5 nitrogen and oxygen atoms in total. The zero-order chi connectivity index (χ0) is 13.0. The van der Waals surface area contributed by atoms with Crippen molar-refractivity contribution in [1.29, 1.82) is 0 Å². The monoisotopic (exact) mass is 314 g/mol. The maximum Gasteiger partial charge on any atom is 0.407 e. The Hall–Kier alpha value is -1.30. The van der Waals surface area contributed by atoms with Gasteiger partial charge in [-0.25, -0.2) is 9.78 Å². The van der Waals surface area contributed by atoms with Crippen molar-refractivity contribution >= 4 is 22.0 Å². The van der Waals surface area contributed by atoms with Crippen LogP contribution in [0.25, 0.3) is 0 Å². The van der Waals surface area contributed by atoms with Crippen molar-refractivity contribution in [2.75, 3.05) is 19.7 Å². The fourth-order valence-corrected chi connectivity index (χ4v) is 2.18. The molecule has 1 aromatic heterocycles. The molecule has 0 spiro atoms. The molecule has 0 bridgehead atoms. The Morgan fingerprint density at radius 3 is 2.78 bits per heavy atom. The highest BCUT2D eigenvalue weighted by molar-refractivity contribution is 9.10. The third kappa shape index (κ3) is 3.60. The van der Waals surface area contributed by atoms with Gasteiger partial charge in [0.15, 0.2) is 0 Å². The molecule has 1 amide bonds. The summed E-state index contributed by atoms with van der Waals surface area (Å²) in [5.41, 5.74) is 0. The van der Waals surface area contributed by atoms with E-state index in [1.165, 1.54) is 4.90 Å². The summed E-state index contributed by atoms with van der Waals surface area (Å²) in [6.07, 6.45) is 2.57. The number of likely N-dealkylation sites (tertiary alicyclic amines) is 1. The summed E-state index contributed by atoms with van der Waals surface area (Å²) in [7, 11) is 0. The summed E-state index contributed by atoms with van der Waals surface area (Å²) in [6, 6.07) is 3.70. The summed E-state index contributed by atoms with van der Waals surface area (Å²) in [4.78, 5) is 16.3. The molecule has 98 valence electrons. The first-order chi connectivity index (χ1) is 8.65. The number of hydrogen-bond donors (Lipinski definition) is 1. The van der Waals surface area contributed by atoms with Crippen molar-refractivity contribution in [3.05, 3.63) is 22.8 Å². The van der Waals surface area contributed by atoms with Gasteiger partial charge in [-0.1, -0.05) is 0 Å². The fraction of sp³-hybridized carbons (Fsp3) is 0.500. The summed E-state index contributed by atoms with van der Waals surface area (Å²) in [6.45, 7) is 1.79. The van der Waals surface area contributed by atoms with Crippen LogP contribution in [-0.2, 0) is 0 Å². The van der Waals surface area contributed by atoms with Gasteiger partial charge in [-0.3, -0.25) is 0 Å². The number of aromatic nitrogens is 1. The van der Waals surface area contributed by atoms with Gasteiger partial charge in [0, 0.05) is 29.8 Å². The SMILES string of the molecule is O=C(O)N1CCC(COc2ccc(Br)cn2)CC1. The molecule has 0 atom stereocenters. The minimum Gasteiger partial charge on any atom is -0.477 e. The number of carboxylic acid groups (broad SMARTS) is 1. The molecule has 0 unspecified atom stereocenters. The van der Waals surface area contributed by atoms with Gasteiger partial charge in [0.25, 0.3) is 0 Å². The molecule has 0 aromatic carbocycles. The van der Waals surface area contributed by atoms with Crippen LogP contribution in [0.15, 0.2) is 22.8 Å². The molecule has 18 heavy (non-hydrogen) atoms. The average Bonchev–Trinajstić information content (AvgIpc) is 2.38. The number of piperidine rings is 1. The van der Waals surface area contributed by atoms with E-state index in [4.69, 9.17) is 9.84 Å². The predicted octanol–water partition coefficient (Wildman–Crippen LogP) is 2.61. The number of nitrogens with zero attached hydrogens (tertiary/aromatic N) is 2. The molecule has 0 saturated carbocycles. The van der Waals surface area contributed by atoms with Crippen molar-refractivity contribution in [3.63, 3.8) is 0 Å². The largest absolute Gasteiger partial charge is 0.477 e. The van der Waals surface area contributed by atoms with Gasteiger partial charge in [-0.15, -0.1) is 0 Å². The lowest BCUT2D eigenvalue weighted by atomic mass is 9.98. The number of halogens is 1. The maximum atomic E-state index is 10.8. The lowest BCUT2D eigenvalue weighted by Crippen LogP contribution is -2.38. The number of pyridine rings is 1. The molecule has 1 saturated heterocycles. The third-order valence-corrected chi connectivity index (χ3v) is 3.52. The normalized spacial score (nSPS) is 16.6. The van der Waals surface area contributed by atoms with Crippen LogP contribution in [0, 0.1) is 5.92 Å². The number of carbonyl (C=O) groups is 1. The van der Waals surface area contributed by atoms with Crippen LogP contribution in [0.2, 0.25) is 0 Å². The van der Waals surface area contributed by atoms with Crippen LogP contribution in [-0.4, -0.2) is 40.8 Å². The van der Waals surface area contributed by atoms with E-state index in [9.17, 15) is 4.79 Å². The molecular weight excluding hydrogens is 300 g/mol. The van der Waals surface area contributed by atoms with Crippen LogP contribution in [0.3, 0.4) is 0 Å². The first-order valence-corrected chi connectivity index (χ1v) is 6.66. The molecule has 2 heterocycles. The van der Waals surface area contributed by atoms with E-state index in [0.717, 1.165) is 17.3 Å². The second-order valence-corrected chi connectivity index (χ2v) is 5.25. The smallest absolute Gasteiger partial charge is 0.407 e.